The molecule has 0 bridgehead atoms. The van der Waals surface area contributed by atoms with E-state index < -0.39 is 23.9 Å². The minimum Gasteiger partial charge on any atom is -0.481 e. The fourth-order valence-electron chi connectivity index (χ4n) is 2.99. The maximum atomic E-state index is 12.5. The average Bonchev–Trinajstić information content (AvgIpc) is 2.74. The summed E-state index contributed by atoms with van der Waals surface area (Å²) in [4.78, 5) is 42.1. The normalized spacial score (nSPS) is 11.5. The number of aromatic nitrogens is 2. The number of hydrogen-bond acceptors (Lipinski definition) is 5. The SMILES string of the molecule is O=C(O)C[C@@H](Cc1ccc(-c2ccccc2)cc1)NC(=O)c1cc(C(=O)O)ncn1. The molecule has 0 radical (unpaired) electrons. The third-order valence-corrected chi connectivity index (χ3v) is 4.42. The van der Waals surface area contributed by atoms with Crippen LogP contribution in [0.1, 0.15) is 33.0 Å². The molecule has 0 aliphatic heterocycles. The number of carboxylic acid groups (broad SMARTS) is 2. The van der Waals surface area contributed by atoms with Gasteiger partial charge in [-0.2, -0.15) is 0 Å². The van der Waals surface area contributed by atoms with Gasteiger partial charge in [0, 0.05) is 12.1 Å². The summed E-state index contributed by atoms with van der Waals surface area (Å²) in [6.45, 7) is 0. The monoisotopic (exact) mass is 405 g/mol. The molecule has 0 unspecified atom stereocenters. The summed E-state index contributed by atoms with van der Waals surface area (Å²) in [5.41, 5.74) is 2.49. The molecule has 0 saturated carbocycles. The number of rotatable bonds is 8. The molecule has 1 aromatic heterocycles. The number of nitrogens with one attached hydrogen (secondary N) is 1. The Morgan fingerprint density at radius 3 is 2.13 bits per heavy atom. The zero-order valence-corrected chi connectivity index (χ0v) is 15.9. The van der Waals surface area contributed by atoms with Crippen LogP contribution in [0.2, 0.25) is 0 Å². The van der Waals surface area contributed by atoms with Crippen molar-refractivity contribution in [2.24, 2.45) is 0 Å². The molecule has 8 heteroatoms. The van der Waals surface area contributed by atoms with Crippen molar-refractivity contribution in [3.05, 3.63) is 83.9 Å². The predicted molar refractivity (Wildman–Crippen MR) is 108 cm³/mol. The third kappa shape index (κ3) is 5.48. The van der Waals surface area contributed by atoms with Gasteiger partial charge in [0.15, 0.2) is 5.69 Å². The Hall–Kier alpha value is -4.07. The first-order valence-electron chi connectivity index (χ1n) is 9.14. The second kappa shape index (κ2) is 9.42. The predicted octanol–water partition coefficient (Wildman–Crippen LogP) is 2.66. The van der Waals surface area contributed by atoms with Crippen LogP contribution in [0.15, 0.2) is 67.0 Å². The van der Waals surface area contributed by atoms with Gasteiger partial charge in [0.1, 0.15) is 12.0 Å². The van der Waals surface area contributed by atoms with Crippen molar-refractivity contribution in [3.8, 4) is 11.1 Å². The van der Waals surface area contributed by atoms with Gasteiger partial charge in [-0.1, -0.05) is 54.6 Å². The van der Waals surface area contributed by atoms with Crippen molar-refractivity contribution in [2.45, 2.75) is 18.9 Å². The number of carbonyl (C=O) groups excluding carboxylic acids is 1. The lowest BCUT2D eigenvalue weighted by atomic mass is 9.99. The lowest BCUT2D eigenvalue weighted by molar-refractivity contribution is -0.137. The number of amides is 1. The summed E-state index contributed by atoms with van der Waals surface area (Å²) in [5, 5.41) is 20.8. The zero-order chi connectivity index (χ0) is 21.5. The van der Waals surface area contributed by atoms with Crippen LogP contribution in [0.5, 0.6) is 0 Å². The van der Waals surface area contributed by atoms with Crippen LogP contribution >= 0.6 is 0 Å². The first kappa shape index (κ1) is 20.7. The summed E-state index contributed by atoms with van der Waals surface area (Å²) in [6, 6.07) is 17.8. The van der Waals surface area contributed by atoms with Crippen molar-refractivity contribution >= 4 is 17.8 Å². The summed E-state index contributed by atoms with van der Waals surface area (Å²) in [5.74, 6) is -3.01. The van der Waals surface area contributed by atoms with E-state index in [1.54, 1.807) is 0 Å². The molecule has 1 atom stereocenters. The van der Waals surface area contributed by atoms with E-state index in [2.05, 4.69) is 15.3 Å². The Morgan fingerprint density at radius 1 is 0.867 bits per heavy atom. The average molecular weight is 405 g/mol. The van der Waals surface area contributed by atoms with Crippen LogP contribution in [0.3, 0.4) is 0 Å². The second-order valence-corrected chi connectivity index (χ2v) is 6.63. The van der Waals surface area contributed by atoms with E-state index in [0.29, 0.717) is 6.42 Å². The second-order valence-electron chi connectivity index (χ2n) is 6.63. The van der Waals surface area contributed by atoms with E-state index in [9.17, 15) is 19.5 Å². The highest BCUT2D eigenvalue weighted by atomic mass is 16.4. The van der Waals surface area contributed by atoms with Gasteiger partial charge >= 0.3 is 11.9 Å². The number of aromatic carboxylic acids is 1. The molecule has 0 saturated heterocycles. The molecule has 3 aromatic rings. The van der Waals surface area contributed by atoms with Gasteiger partial charge in [-0.15, -0.1) is 0 Å². The molecular formula is C22H19N3O5. The number of benzene rings is 2. The zero-order valence-electron chi connectivity index (χ0n) is 15.9. The van der Waals surface area contributed by atoms with Crippen molar-refractivity contribution in [3.63, 3.8) is 0 Å². The highest BCUT2D eigenvalue weighted by Crippen LogP contribution is 2.20. The highest BCUT2D eigenvalue weighted by molar-refractivity contribution is 5.95. The molecular weight excluding hydrogens is 386 g/mol. The van der Waals surface area contributed by atoms with E-state index in [1.165, 1.54) is 0 Å². The molecule has 0 spiro atoms. The molecule has 152 valence electrons. The fraction of sp³-hybridized carbons (Fsp3) is 0.136. The quantitative estimate of drug-likeness (QED) is 0.525. The summed E-state index contributed by atoms with van der Waals surface area (Å²) in [6.07, 6.45) is 0.986. The lowest BCUT2D eigenvalue weighted by Gasteiger charge is -2.17. The Labute approximate surface area is 172 Å². The van der Waals surface area contributed by atoms with Crippen LogP contribution in [-0.4, -0.2) is 44.1 Å². The van der Waals surface area contributed by atoms with Crippen molar-refractivity contribution in [1.29, 1.82) is 0 Å². The number of hydrogen-bond donors (Lipinski definition) is 3. The lowest BCUT2D eigenvalue weighted by Crippen LogP contribution is -2.38. The van der Waals surface area contributed by atoms with E-state index >= 15 is 0 Å². The molecule has 8 nitrogen and oxygen atoms in total. The summed E-state index contributed by atoms with van der Waals surface area (Å²) >= 11 is 0. The molecule has 0 aliphatic rings. The Bertz CT molecular complexity index is 1050. The molecule has 1 amide bonds. The topological polar surface area (TPSA) is 129 Å². The van der Waals surface area contributed by atoms with E-state index in [1.807, 2.05) is 54.6 Å². The molecule has 0 aliphatic carbocycles. The molecule has 3 N–H and O–H groups in total. The number of carboxylic acids is 2. The highest BCUT2D eigenvalue weighted by Gasteiger charge is 2.19. The van der Waals surface area contributed by atoms with Gasteiger partial charge in [-0.25, -0.2) is 14.8 Å². The Kier molecular flexibility index (Phi) is 6.49. The van der Waals surface area contributed by atoms with E-state index in [0.717, 1.165) is 29.1 Å². The number of aliphatic carboxylic acids is 1. The maximum absolute atomic E-state index is 12.5. The first-order valence-corrected chi connectivity index (χ1v) is 9.14. The summed E-state index contributed by atoms with van der Waals surface area (Å²) in [7, 11) is 0. The van der Waals surface area contributed by atoms with Gasteiger partial charge in [0.05, 0.1) is 6.42 Å². The van der Waals surface area contributed by atoms with Crippen molar-refractivity contribution < 1.29 is 24.6 Å². The molecule has 3 rings (SSSR count). The molecule has 0 fully saturated rings. The van der Waals surface area contributed by atoms with Gasteiger partial charge < -0.3 is 15.5 Å². The third-order valence-electron chi connectivity index (χ3n) is 4.42. The van der Waals surface area contributed by atoms with Gasteiger partial charge in [0.2, 0.25) is 0 Å². The minimum atomic E-state index is -1.29. The smallest absolute Gasteiger partial charge is 0.354 e. The molecule has 1 heterocycles. The van der Waals surface area contributed by atoms with Crippen molar-refractivity contribution in [2.75, 3.05) is 0 Å². The first-order chi connectivity index (χ1) is 14.4. The van der Waals surface area contributed by atoms with Crippen LogP contribution in [-0.2, 0) is 11.2 Å². The van der Waals surface area contributed by atoms with E-state index in [4.69, 9.17) is 5.11 Å². The van der Waals surface area contributed by atoms with Crippen molar-refractivity contribution in [1.82, 2.24) is 15.3 Å². The van der Waals surface area contributed by atoms with Crippen LogP contribution < -0.4 is 5.32 Å². The number of nitrogens with zero attached hydrogens (tertiary/aromatic N) is 2. The number of carbonyl (C=O) groups is 3. The fourth-order valence-corrected chi connectivity index (χ4v) is 2.99. The molecule has 2 aromatic carbocycles. The Balaban J connectivity index is 1.73. The van der Waals surface area contributed by atoms with Crippen LogP contribution in [0.25, 0.3) is 11.1 Å². The minimum absolute atomic E-state index is 0.141. The van der Waals surface area contributed by atoms with Gasteiger partial charge in [0.25, 0.3) is 5.91 Å². The molecule has 30 heavy (non-hydrogen) atoms. The van der Waals surface area contributed by atoms with E-state index in [-0.39, 0.29) is 17.8 Å². The maximum Gasteiger partial charge on any atom is 0.354 e. The summed E-state index contributed by atoms with van der Waals surface area (Å²) < 4.78 is 0. The Morgan fingerprint density at radius 2 is 1.50 bits per heavy atom. The van der Waals surface area contributed by atoms with Crippen LogP contribution in [0.4, 0.5) is 0 Å². The largest absolute Gasteiger partial charge is 0.481 e. The van der Waals surface area contributed by atoms with Gasteiger partial charge in [-0.3, -0.25) is 9.59 Å². The standard InChI is InChI=1S/C22H19N3O5/c26-20(27)11-17(25-21(28)18-12-19(22(29)30)24-13-23-18)10-14-6-8-16(9-7-14)15-4-2-1-3-5-15/h1-9,12-13,17H,10-11H2,(H,25,28)(H,26,27)(H,29,30)/t17-/m1/s1. The van der Waals surface area contributed by atoms with Gasteiger partial charge in [-0.05, 0) is 23.1 Å². The van der Waals surface area contributed by atoms with Crippen LogP contribution in [0, 0.1) is 0 Å².